The fourth-order valence-electron chi connectivity index (χ4n) is 4.55. The molecule has 0 aliphatic carbocycles. The van der Waals surface area contributed by atoms with Crippen molar-refractivity contribution in [1.29, 1.82) is 0 Å². The molecule has 2 aromatic heterocycles. The summed E-state index contributed by atoms with van der Waals surface area (Å²) < 4.78 is 5.34. The van der Waals surface area contributed by atoms with E-state index < -0.39 is 0 Å². The Bertz CT molecular complexity index is 798. The van der Waals surface area contributed by atoms with Gasteiger partial charge in [-0.3, -0.25) is 19.6 Å². The zero-order valence-electron chi connectivity index (χ0n) is 17.6. The lowest BCUT2D eigenvalue weighted by Crippen LogP contribution is -2.50. The van der Waals surface area contributed by atoms with Gasteiger partial charge < -0.3 is 9.73 Å². The molecule has 2 aromatic rings. The molecule has 0 bridgehead atoms. The first kappa shape index (κ1) is 20.8. The molecule has 2 aliphatic heterocycles. The van der Waals surface area contributed by atoms with E-state index in [0.29, 0.717) is 12.6 Å². The van der Waals surface area contributed by atoms with E-state index in [0.717, 1.165) is 57.0 Å². The van der Waals surface area contributed by atoms with Gasteiger partial charge in [-0.1, -0.05) is 12.1 Å². The highest BCUT2D eigenvalue weighted by Crippen LogP contribution is 2.24. The SMILES string of the molecule is O=C(NCc1ccccn1)C1CCCN(C2CCN(C/C=C/c3ccco3)CC2)C1. The van der Waals surface area contributed by atoms with Crippen LogP contribution in [0.25, 0.3) is 6.08 Å². The van der Waals surface area contributed by atoms with E-state index in [1.54, 1.807) is 12.5 Å². The van der Waals surface area contributed by atoms with E-state index in [2.05, 4.69) is 26.2 Å². The van der Waals surface area contributed by atoms with Gasteiger partial charge >= 0.3 is 0 Å². The second-order valence-electron chi connectivity index (χ2n) is 8.32. The summed E-state index contributed by atoms with van der Waals surface area (Å²) in [5, 5.41) is 3.08. The fourth-order valence-corrected chi connectivity index (χ4v) is 4.55. The van der Waals surface area contributed by atoms with Gasteiger partial charge in [0.15, 0.2) is 0 Å². The van der Waals surface area contributed by atoms with Gasteiger partial charge in [0.25, 0.3) is 0 Å². The number of nitrogens with zero attached hydrogens (tertiary/aromatic N) is 3. The number of likely N-dealkylation sites (tertiary alicyclic amines) is 2. The van der Waals surface area contributed by atoms with Crippen LogP contribution in [-0.2, 0) is 11.3 Å². The average Bonchev–Trinajstić information content (AvgIpc) is 3.32. The predicted octanol–water partition coefficient (Wildman–Crippen LogP) is 3.18. The molecule has 1 atom stereocenters. The van der Waals surface area contributed by atoms with Crippen molar-refractivity contribution in [2.24, 2.45) is 5.92 Å². The Balaban J connectivity index is 1.19. The molecule has 6 heteroatoms. The van der Waals surface area contributed by atoms with Crippen LogP contribution in [0.15, 0.2) is 53.3 Å². The summed E-state index contributed by atoms with van der Waals surface area (Å²) in [7, 11) is 0. The second kappa shape index (κ2) is 10.5. The summed E-state index contributed by atoms with van der Waals surface area (Å²) in [5.41, 5.74) is 0.909. The first-order chi connectivity index (χ1) is 14.8. The minimum absolute atomic E-state index is 0.0942. The number of hydrogen-bond donors (Lipinski definition) is 1. The number of nitrogens with one attached hydrogen (secondary N) is 1. The Kier molecular flexibility index (Phi) is 7.32. The lowest BCUT2D eigenvalue weighted by molar-refractivity contribution is -0.127. The van der Waals surface area contributed by atoms with Crippen LogP contribution in [-0.4, -0.2) is 59.5 Å². The number of pyridine rings is 1. The summed E-state index contributed by atoms with van der Waals surface area (Å²) in [4.78, 5) is 22.0. The van der Waals surface area contributed by atoms with Crippen LogP contribution in [0, 0.1) is 5.92 Å². The molecule has 0 aromatic carbocycles. The van der Waals surface area contributed by atoms with Gasteiger partial charge in [-0.2, -0.15) is 0 Å². The highest BCUT2D eigenvalue weighted by Gasteiger charge is 2.31. The van der Waals surface area contributed by atoms with E-state index in [1.807, 2.05) is 36.4 Å². The van der Waals surface area contributed by atoms with Crippen LogP contribution in [0.1, 0.15) is 37.1 Å². The van der Waals surface area contributed by atoms with Crippen molar-refractivity contribution >= 4 is 12.0 Å². The number of hydrogen-bond acceptors (Lipinski definition) is 5. The maximum atomic E-state index is 12.7. The molecule has 0 spiro atoms. The molecule has 1 amide bonds. The van der Waals surface area contributed by atoms with Gasteiger partial charge in [-0.25, -0.2) is 0 Å². The number of amides is 1. The summed E-state index contributed by atoms with van der Waals surface area (Å²) in [6.45, 7) is 5.71. The van der Waals surface area contributed by atoms with Crippen LogP contribution in [0.2, 0.25) is 0 Å². The molecule has 0 radical (unpaired) electrons. The van der Waals surface area contributed by atoms with Crippen LogP contribution < -0.4 is 5.32 Å². The van der Waals surface area contributed by atoms with E-state index in [1.165, 1.54) is 12.8 Å². The van der Waals surface area contributed by atoms with Gasteiger partial charge in [0.05, 0.1) is 24.4 Å². The fraction of sp³-hybridized carbons (Fsp3) is 0.500. The second-order valence-corrected chi connectivity index (χ2v) is 8.32. The van der Waals surface area contributed by atoms with Crippen LogP contribution in [0.5, 0.6) is 0 Å². The Morgan fingerprint density at radius 3 is 2.83 bits per heavy atom. The van der Waals surface area contributed by atoms with Crippen molar-refractivity contribution in [3.8, 4) is 0 Å². The summed E-state index contributed by atoms with van der Waals surface area (Å²) >= 11 is 0. The number of rotatable bonds is 7. The topological polar surface area (TPSA) is 61.6 Å². The molecule has 30 heavy (non-hydrogen) atoms. The first-order valence-corrected chi connectivity index (χ1v) is 11.1. The van der Waals surface area contributed by atoms with E-state index >= 15 is 0 Å². The Morgan fingerprint density at radius 1 is 1.17 bits per heavy atom. The monoisotopic (exact) mass is 408 g/mol. The van der Waals surface area contributed by atoms with Gasteiger partial charge in [-0.15, -0.1) is 0 Å². The van der Waals surface area contributed by atoms with Crippen LogP contribution in [0.4, 0.5) is 0 Å². The largest absolute Gasteiger partial charge is 0.465 e. The third kappa shape index (κ3) is 5.80. The molecule has 1 N–H and O–H groups in total. The van der Waals surface area contributed by atoms with Crippen molar-refractivity contribution in [1.82, 2.24) is 20.1 Å². The predicted molar refractivity (Wildman–Crippen MR) is 118 cm³/mol. The molecule has 6 nitrogen and oxygen atoms in total. The summed E-state index contributed by atoms with van der Waals surface area (Å²) in [6, 6.07) is 10.3. The maximum Gasteiger partial charge on any atom is 0.224 e. The highest BCUT2D eigenvalue weighted by molar-refractivity contribution is 5.78. The van der Waals surface area contributed by atoms with E-state index in [4.69, 9.17) is 4.42 Å². The molecule has 2 saturated heterocycles. The number of furan rings is 1. The van der Waals surface area contributed by atoms with Gasteiger partial charge in [0, 0.05) is 25.3 Å². The summed E-state index contributed by atoms with van der Waals surface area (Å²) in [6.07, 6.45) is 12.1. The maximum absolute atomic E-state index is 12.7. The third-order valence-corrected chi connectivity index (χ3v) is 6.26. The summed E-state index contributed by atoms with van der Waals surface area (Å²) in [5.74, 6) is 1.17. The first-order valence-electron chi connectivity index (χ1n) is 11.1. The van der Waals surface area contributed by atoms with Crippen LogP contribution in [0.3, 0.4) is 0 Å². The quantitative estimate of drug-likeness (QED) is 0.762. The van der Waals surface area contributed by atoms with E-state index in [9.17, 15) is 4.79 Å². The smallest absolute Gasteiger partial charge is 0.224 e. The zero-order valence-corrected chi connectivity index (χ0v) is 17.6. The zero-order chi connectivity index (χ0) is 20.6. The lowest BCUT2D eigenvalue weighted by atomic mass is 9.93. The molecule has 4 rings (SSSR count). The number of piperidine rings is 2. The van der Waals surface area contributed by atoms with Crippen molar-refractivity contribution < 1.29 is 9.21 Å². The van der Waals surface area contributed by atoms with Gasteiger partial charge in [-0.05, 0) is 75.7 Å². The molecule has 2 aliphatic rings. The van der Waals surface area contributed by atoms with E-state index in [-0.39, 0.29) is 11.8 Å². The molecule has 2 fully saturated rings. The van der Waals surface area contributed by atoms with Gasteiger partial charge in [0.1, 0.15) is 5.76 Å². The normalized spacial score (nSPS) is 21.8. The molecular weight excluding hydrogens is 376 g/mol. The molecule has 1 unspecified atom stereocenters. The molecule has 0 saturated carbocycles. The number of aromatic nitrogens is 1. The standard InChI is InChI=1S/C24H32N4O2/c29-24(26-18-21-7-1-2-12-25-21)20-6-3-14-28(19-20)22-10-15-27(16-11-22)13-4-8-23-9-5-17-30-23/h1-2,4-5,7-9,12,17,20,22H,3,6,10-11,13-16,18-19H2,(H,26,29)/b8-4+. The molecular formula is C24H32N4O2. The number of carbonyl (C=O) groups is 1. The Morgan fingerprint density at radius 2 is 2.07 bits per heavy atom. The minimum Gasteiger partial charge on any atom is -0.465 e. The number of carbonyl (C=O) groups excluding carboxylic acids is 1. The lowest BCUT2D eigenvalue weighted by Gasteiger charge is -2.41. The van der Waals surface area contributed by atoms with Crippen LogP contribution >= 0.6 is 0 Å². The molecule has 160 valence electrons. The van der Waals surface area contributed by atoms with Crippen molar-refractivity contribution in [2.45, 2.75) is 38.3 Å². The molecule has 4 heterocycles. The van der Waals surface area contributed by atoms with Crippen molar-refractivity contribution in [2.75, 3.05) is 32.7 Å². The van der Waals surface area contributed by atoms with Crippen molar-refractivity contribution in [3.63, 3.8) is 0 Å². The van der Waals surface area contributed by atoms with Crippen molar-refractivity contribution in [3.05, 3.63) is 60.3 Å². The Labute approximate surface area is 179 Å². The Hall–Kier alpha value is -2.44. The minimum atomic E-state index is 0.0942. The highest BCUT2D eigenvalue weighted by atomic mass is 16.3. The average molecular weight is 409 g/mol. The third-order valence-electron chi connectivity index (χ3n) is 6.26. The van der Waals surface area contributed by atoms with Gasteiger partial charge in [0.2, 0.25) is 5.91 Å².